The highest BCUT2D eigenvalue weighted by Crippen LogP contribution is 2.18. The summed E-state index contributed by atoms with van der Waals surface area (Å²) in [4.78, 5) is 28.9. The summed E-state index contributed by atoms with van der Waals surface area (Å²) >= 11 is 0. The van der Waals surface area contributed by atoms with Crippen LogP contribution in [0.2, 0.25) is 0 Å². The summed E-state index contributed by atoms with van der Waals surface area (Å²) < 4.78 is 0. The molecule has 3 aromatic carbocycles. The van der Waals surface area contributed by atoms with Crippen molar-refractivity contribution in [1.82, 2.24) is 10.2 Å². The van der Waals surface area contributed by atoms with Gasteiger partial charge in [0.25, 0.3) is 0 Å². The second-order valence-electron chi connectivity index (χ2n) is 9.47. The Kier molecular flexibility index (Phi) is 8.64. The van der Waals surface area contributed by atoms with Crippen molar-refractivity contribution in [3.63, 3.8) is 0 Å². The molecule has 0 fully saturated rings. The van der Waals surface area contributed by atoms with Crippen LogP contribution in [0.1, 0.15) is 47.2 Å². The van der Waals surface area contributed by atoms with Crippen molar-refractivity contribution in [1.29, 1.82) is 0 Å². The Bertz CT molecular complexity index is 1100. The summed E-state index contributed by atoms with van der Waals surface area (Å²) in [7, 11) is 0. The van der Waals surface area contributed by atoms with Crippen LogP contribution < -0.4 is 5.32 Å². The highest BCUT2D eigenvalue weighted by atomic mass is 16.2. The molecule has 0 aromatic heterocycles. The van der Waals surface area contributed by atoms with E-state index in [1.165, 1.54) is 5.56 Å². The zero-order valence-corrected chi connectivity index (χ0v) is 21.0. The van der Waals surface area contributed by atoms with E-state index >= 15 is 0 Å². The minimum absolute atomic E-state index is 0.0122. The van der Waals surface area contributed by atoms with Gasteiger partial charge in [0.15, 0.2) is 0 Å². The second kappa shape index (κ2) is 11.6. The standard InChI is InChI=1S/C30H36N2O2/c1-21(2)31-30(34)28(18-25-9-7-6-8-10-25)32(20-26-14-11-22(3)12-15-26)29(33)19-27-16-13-23(4)24(5)17-27/h6-17,21,28H,18-20H2,1-5H3,(H,31,34)/t28-/m1/s1. The number of carbonyl (C=O) groups is 2. The van der Waals surface area contributed by atoms with Gasteiger partial charge in [-0.05, 0) is 62.4 Å². The van der Waals surface area contributed by atoms with Gasteiger partial charge in [-0.2, -0.15) is 0 Å². The fourth-order valence-electron chi connectivity index (χ4n) is 4.01. The largest absolute Gasteiger partial charge is 0.352 e. The Balaban J connectivity index is 1.97. The van der Waals surface area contributed by atoms with E-state index in [1.807, 2.05) is 81.4 Å². The number of hydrogen-bond acceptors (Lipinski definition) is 2. The predicted octanol–water partition coefficient (Wildman–Crippen LogP) is 5.32. The lowest BCUT2D eigenvalue weighted by molar-refractivity contribution is -0.141. The average molecular weight is 457 g/mol. The molecule has 1 atom stereocenters. The topological polar surface area (TPSA) is 49.4 Å². The van der Waals surface area contributed by atoms with Crippen LogP contribution in [0.5, 0.6) is 0 Å². The van der Waals surface area contributed by atoms with Crippen molar-refractivity contribution >= 4 is 11.8 Å². The van der Waals surface area contributed by atoms with Gasteiger partial charge in [-0.3, -0.25) is 9.59 Å². The molecule has 3 rings (SSSR count). The maximum absolute atomic E-state index is 13.7. The Hall–Kier alpha value is -3.40. The maximum Gasteiger partial charge on any atom is 0.243 e. The quantitative estimate of drug-likeness (QED) is 0.474. The van der Waals surface area contributed by atoms with Gasteiger partial charge < -0.3 is 10.2 Å². The summed E-state index contributed by atoms with van der Waals surface area (Å²) in [6, 6.07) is 23.6. The molecule has 0 aliphatic heterocycles. The second-order valence-corrected chi connectivity index (χ2v) is 9.47. The molecule has 0 saturated carbocycles. The number of rotatable bonds is 9. The van der Waals surface area contributed by atoms with Crippen molar-refractivity contribution in [2.24, 2.45) is 0 Å². The van der Waals surface area contributed by atoms with Gasteiger partial charge in [-0.25, -0.2) is 0 Å². The lowest BCUT2D eigenvalue weighted by atomic mass is 10.00. The van der Waals surface area contributed by atoms with Crippen LogP contribution in [0.25, 0.3) is 0 Å². The molecule has 34 heavy (non-hydrogen) atoms. The summed E-state index contributed by atoms with van der Waals surface area (Å²) in [5.74, 6) is -0.178. The molecule has 0 radical (unpaired) electrons. The lowest BCUT2D eigenvalue weighted by Crippen LogP contribution is -2.52. The average Bonchev–Trinajstić information content (AvgIpc) is 2.80. The van der Waals surface area contributed by atoms with Crippen LogP contribution >= 0.6 is 0 Å². The first-order valence-corrected chi connectivity index (χ1v) is 12.0. The molecule has 3 aromatic rings. The predicted molar refractivity (Wildman–Crippen MR) is 139 cm³/mol. The van der Waals surface area contributed by atoms with Gasteiger partial charge in [0.2, 0.25) is 11.8 Å². The molecule has 0 unspecified atom stereocenters. The first kappa shape index (κ1) is 25.2. The van der Waals surface area contributed by atoms with Gasteiger partial charge in [0.05, 0.1) is 6.42 Å². The summed E-state index contributed by atoms with van der Waals surface area (Å²) in [6.07, 6.45) is 0.719. The molecule has 0 saturated heterocycles. The number of nitrogens with zero attached hydrogens (tertiary/aromatic N) is 1. The van der Waals surface area contributed by atoms with E-state index in [1.54, 1.807) is 4.90 Å². The number of amides is 2. The summed E-state index contributed by atoms with van der Waals surface area (Å²) in [5, 5.41) is 3.04. The van der Waals surface area contributed by atoms with Crippen LogP contribution in [0.4, 0.5) is 0 Å². The van der Waals surface area contributed by atoms with Gasteiger partial charge in [-0.1, -0.05) is 78.4 Å². The van der Waals surface area contributed by atoms with Crippen LogP contribution in [-0.4, -0.2) is 28.8 Å². The van der Waals surface area contributed by atoms with E-state index in [2.05, 4.69) is 31.3 Å². The molecule has 4 heteroatoms. The SMILES string of the molecule is Cc1ccc(CN(C(=O)Cc2ccc(C)c(C)c2)[C@H](Cc2ccccc2)C(=O)NC(C)C)cc1. The fraction of sp³-hybridized carbons (Fsp3) is 0.333. The van der Waals surface area contributed by atoms with Crippen LogP contribution in [-0.2, 0) is 29.0 Å². The van der Waals surface area contributed by atoms with Gasteiger partial charge in [-0.15, -0.1) is 0 Å². The number of benzene rings is 3. The number of aryl methyl sites for hydroxylation is 3. The molecule has 2 amide bonds. The molecule has 0 bridgehead atoms. The summed E-state index contributed by atoms with van der Waals surface area (Å²) in [5.41, 5.74) is 6.52. The monoisotopic (exact) mass is 456 g/mol. The highest BCUT2D eigenvalue weighted by molar-refractivity contribution is 5.89. The van der Waals surface area contributed by atoms with Crippen LogP contribution in [0.3, 0.4) is 0 Å². The number of hydrogen-bond donors (Lipinski definition) is 1. The fourth-order valence-corrected chi connectivity index (χ4v) is 4.01. The molecule has 0 aliphatic carbocycles. The van der Waals surface area contributed by atoms with Gasteiger partial charge in [0.1, 0.15) is 6.04 Å². The van der Waals surface area contributed by atoms with E-state index in [0.29, 0.717) is 13.0 Å². The maximum atomic E-state index is 13.7. The molecule has 1 N–H and O–H groups in total. The first-order chi connectivity index (χ1) is 16.2. The van der Waals surface area contributed by atoms with Crippen molar-refractivity contribution in [2.75, 3.05) is 0 Å². The van der Waals surface area contributed by atoms with E-state index in [-0.39, 0.29) is 24.3 Å². The van der Waals surface area contributed by atoms with Crippen molar-refractivity contribution in [3.05, 3.63) is 106 Å². The Labute approximate surface area is 204 Å². The summed E-state index contributed by atoms with van der Waals surface area (Å²) in [6.45, 7) is 10.4. The van der Waals surface area contributed by atoms with Crippen molar-refractivity contribution in [2.45, 2.75) is 66.1 Å². The van der Waals surface area contributed by atoms with Gasteiger partial charge in [0, 0.05) is 19.0 Å². The lowest BCUT2D eigenvalue weighted by Gasteiger charge is -2.32. The third kappa shape index (κ3) is 7.05. The van der Waals surface area contributed by atoms with Gasteiger partial charge >= 0.3 is 0 Å². The smallest absolute Gasteiger partial charge is 0.243 e. The van der Waals surface area contributed by atoms with Crippen molar-refractivity contribution in [3.8, 4) is 0 Å². The highest BCUT2D eigenvalue weighted by Gasteiger charge is 2.30. The van der Waals surface area contributed by atoms with E-state index in [0.717, 1.165) is 27.8 Å². The third-order valence-electron chi connectivity index (χ3n) is 6.10. The normalized spacial score (nSPS) is 11.8. The molecule has 0 aliphatic rings. The van der Waals surface area contributed by atoms with E-state index in [9.17, 15) is 9.59 Å². The zero-order valence-electron chi connectivity index (χ0n) is 21.0. The minimum Gasteiger partial charge on any atom is -0.352 e. The molecule has 0 spiro atoms. The van der Waals surface area contributed by atoms with E-state index in [4.69, 9.17) is 0 Å². The van der Waals surface area contributed by atoms with Crippen LogP contribution in [0, 0.1) is 20.8 Å². The van der Waals surface area contributed by atoms with Crippen LogP contribution in [0.15, 0.2) is 72.8 Å². The van der Waals surface area contributed by atoms with Crippen molar-refractivity contribution < 1.29 is 9.59 Å². The molecule has 0 heterocycles. The van der Waals surface area contributed by atoms with E-state index < -0.39 is 6.04 Å². The molecule has 4 nitrogen and oxygen atoms in total. The Morgan fingerprint density at radius 2 is 1.44 bits per heavy atom. The molecular weight excluding hydrogens is 420 g/mol. The third-order valence-corrected chi connectivity index (χ3v) is 6.10. The molecular formula is C30H36N2O2. The Morgan fingerprint density at radius 3 is 2.06 bits per heavy atom. The first-order valence-electron chi connectivity index (χ1n) is 12.0. The Morgan fingerprint density at radius 1 is 0.794 bits per heavy atom. The zero-order chi connectivity index (χ0) is 24.7. The molecule has 178 valence electrons. The number of carbonyl (C=O) groups excluding carboxylic acids is 2. The number of nitrogens with one attached hydrogen (secondary N) is 1. The minimum atomic E-state index is -0.606.